The van der Waals surface area contributed by atoms with Crippen LogP contribution in [0.3, 0.4) is 0 Å². The van der Waals surface area contributed by atoms with Gasteiger partial charge >= 0.3 is 0 Å². The Morgan fingerprint density at radius 3 is 2.72 bits per heavy atom. The molecule has 4 nitrogen and oxygen atoms in total. The van der Waals surface area contributed by atoms with E-state index >= 15 is 0 Å². The fourth-order valence-corrected chi connectivity index (χ4v) is 1.85. The minimum Gasteiger partial charge on any atom is -0.375 e. The lowest BCUT2D eigenvalue weighted by Gasteiger charge is -2.30. The summed E-state index contributed by atoms with van der Waals surface area (Å²) < 4.78 is 5.56. The molecule has 1 saturated heterocycles. The summed E-state index contributed by atoms with van der Waals surface area (Å²) >= 11 is 0. The monoisotopic (exact) mass is 248 g/mol. The Morgan fingerprint density at radius 1 is 1.39 bits per heavy atom. The average Bonchev–Trinajstić information content (AvgIpc) is 2.33. The second-order valence-electron chi connectivity index (χ2n) is 4.65. The van der Waals surface area contributed by atoms with E-state index in [0.717, 1.165) is 18.7 Å². The predicted octanol–water partition coefficient (Wildman–Crippen LogP) is 0.881. The van der Waals surface area contributed by atoms with Gasteiger partial charge in [0.1, 0.15) is 0 Å². The van der Waals surface area contributed by atoms with Crippen molar-refractivity contribution >= 4 is 5.91 Å². The molecule has 1 aromatic carbocycles. The summed E-state index contributed by atoms with van der Waals surface area (Å²) in [5.74, 6) is 0.390. The van der Waals surface area contributed by atoms with Gasteiger partial charge in [0.2, 0.25) is 5.91 Å². The lowest BCUT2D eigenvalue weighted by Crippen LogP contribution is -2.51. The van der Waals surface area contributed by atoms with Gasteiger partial charge in [0.05, 0.1) is 19.1 Å². The van der Waals surface area contributed by atoms with Crippen LogP contribution in [0.15, 0.2) is 30.3 Å². The zero-order valence-electron chi connectivity index (χ0n) is 10.8. The molecule has 0 spiro atoms. The van der Waals surface area contributed by atoms with Crippen molar-refractivity contribution < 1.29 is 9.53 Å². The van der Waals surface area contributed by atoms with Crippen molar-refractivity contribution in [2.75, 3.05) is 33.3 Å². The van der Waals surface area contributed by atoms with Crippen LogP contribution in [0, 0.1) is 5.92 Å². The van der Waals surface area contributed by atoms with Crippen molar-refractivity contribution in [3.8, 4) is 0 Å². The van der Waals surface area contributed by atoms with Gasteiger partial charge in [-0.3, -0.25) is 4.79 Å². The number of carbonyl (C=O) groups excluding carboxylic acids is 1. The van der Waals surface area contributed by atoms with Crippen molar-refractivity contribution in [2.45, 2.75) is 6.61 Å². The summed E-state index contributed by atoms with van der Waals surface area (Å²) in [6.07, 6.45) is 0. The number of rotatable bonds is 6. The highest BCUT2D eigenvalue weighted by Gasteiger charge is 2.27. The van der Waals surface area contributed by atoms with Crippen LogP contribution >= 0.6 is 0 Å². The molecule has 2 rings (SSSR count). The molecule has 1 fully saturated rings. The number of likely N-dealkylation sites (N-methyl/N-ethyl adjacent to an activating group) is 1. The third-order valence-corrected chi connectivity index (χ3v) is 3.19. The van der Waals surface area contributed by atoms with Gasteiger partial charge in [0.15, 0.2) is 0 Å². The molecule has 98 valence electrons. The van der Waals surface area contributed by atoms with E-state index in [2.05, 4.69) is 5.32 Å². The highest BCUT2D eigenvalue weighted by atomic mass is 16.5. The zero-order valence-corrected chi connectivity index (χ0v) is 10.8. The summed E-state index contributed by atoms with van der Waals surface area (Å²) in [7, 11) is 1.84. The third kappa shape index (κ3) is 3.55. The molecule has 18 heavy (non-hydrogen) atoms. The largest absolute Gasteiger partial charge is 0.375 e. The van der Waals surface area contributed by atoms with Crippen molar-refractivity contribution in [1.82, 2.24) is 10.2 Å². The quantitative estimate of drug-likeness (QED) is 0.760. The molecule has 0 atom stereocenters. The lowest BCUT2D eigenvalue weighted by molar-refractivity contribution is -0.136. The first kappa shape index (κ1) is 13.1. The van der Waals surface area contributed by atoms with Crippen molar-refractivity contribution in [1.29, 1.82) is 0 Å². The van der Waals surface area contributed by atoms with E-state index in [9.17, 15) is 4.79 Å². The van der Waals surface area contributed by atoms with Crippen molar-refractivity contribution in [2.24, 2.45) is 5.92 Å². The van der Waals surface area contributed by atoms with E-state index < -0.39 is 0 Å². The number of hydrogen-bond donors (Lipinski definition) is 1. The number of amides is 1. The molecule has 1 N–H and O–H groups in total. The number of nitrogens with one attached hydrogen (secondary N) is 1. The minimum absolute atomic E-state index is 0.170. The van der Waals surface area contributed by atoms with Gasteiger partial charge in [0, 0.05) is 26.7 Å². The first-order chi connectivity index (χ1) is 8.77. The Hall–Kier alpha value is -1.39. The molecule has 1 amide bonds. The Labute approximate surface area is 108 Å². The summed E-state index contributed by atoms with van der Waals surface area (Å²) in [4.78, 5) is 13.6. The number of hydrogen-bond acceptors (Lipinski definition) is 3. The Balaban J connectivity index is 1.61. The number of carbonyl (C=O) groups is 1. The molecule has 1 aliphatic heterocycles. The van der Waals surface area contributed by atoms with Gasteiger partial charge in [-0.05, 0) is 5.56 Å². The maximum atomic E-state index is 11.8. The smallest absolute Gasteiger partial charge is 0.228 e. The first-order valence-electron chi connectivity index (χ1n) is 6.35. The highest BCUT2D eigenvalue weighted by Crippen LogP contribution is 2.07. The summed E-state index contributed by atoms with van der Waals surface area (Å²) in [6.45, 7) is 3.47. The van der Waals surface area contributed by atoms with E-state index in [-0.39, 0.29) is 11.8 Å². The van der Waals surface area contributed by atoms with Gasteiger partial charge in [-0.15, -0.1) is 0 Å². The second kappa shape index (κ2) is 6.52. The summed E-state index contributed by atoms with van der Waals surface area (Å²) in [5.41, 5.74) is 1.16. The van der Waals surface area contributed by atoms with E-state index in [4.69, 9.17) is 4.74 Å². The minimum atomic E-state index is 0.170. The van der Waals surface area contributed by atoms with Gasteiger partial charge < -0.3 is 15.0 Å². The summed E-state index contributed by atoms with van der Waals surface area (Å²) in [6, 6.07) is 10.1. The van der Waals surface area contributed by atoms with Gasteiger partial charge in [0.25, 0.3) is 0 Å². The van der Waals surface area contributed by atoms with E-state index in [1.54, 1.807) is 4.90 Å². The standard InChI is InChI=1S/C14H20N2O2/c1-16(14(17)13-9-15-10-13)7-8-18-11-12-5-3-2-4-6-12/h2-6,13,15H,7-11H2,1H3. The molecule has 1 heterocycles. The molecule has 1 aromatic rings. The summed E-state index contributed by atoms with van der Waals surface area (Å²) in [5, 5.41) is 3.11. The molecule has 4 heteroatoms. The fourth-order valence-electron chi connectivity index (χ4n) is 1.85. The zero-order chi connectivity index (χ0) is 12.8. The fraction of sp³-hybridized carbons (Fsp3) is 0.500. The molecular weight excluding hydrogens is 228 g/mol. The van der Waals surface area contributed by atoms with Gasteiger partial charge in [-0.1, -0.05) is 30.3 Å². The SMILES string of the molecule is CN(CCOCc1ccccc1)C(=O)C1CNC1. The molecule has 0 radical (unpaired) electrons. The van der Waals surface area contributed by atoms with Crippen LogP contribution in [-0.4, -0.2) is 44.1 Å². The van der Waals surface area contributed by atoms with Crippen LogP contribution in [0.1, 0.15) is 5.56 Å². The Bertz CT molecular complexity index is 377. The lowest BCUT2D eigenvalue weighted by atomic mass is 10.0. The Morgan fingerprint density at radius 2 is 2.11 bits per heavy atom. The molecule has 0 aromatic heterocycles. The second-order valence-corrected chi connectivity index (χ2v) is 4.65. The molecule has 0 bridgehead atoms. The van der Waals surface area contributed by atoms with Crippen LogP contribution < -0.4 is 5.32 Å². The van der Waals surface area contributed by atoms with Crippen LogP contribution in [0.25, 0.3) is 0 Å². The molecule has 1 aliphatic rings. The number of benzene rings is 1. The van der Waals surface area contributed by atoms with Crippen LogP contribution in [0.5, 0.6) is 0 Å². The maximum Gasteiger partial charge on any atom is 0.228 e. The first-order valence-corrected chi connectivity index (χ1v) is 6.35. The van der Waals surface area contributed by atoms with Gasteiger partial charge in [-0.2, -0.15) is 0 Å². The Kier molecular flexibility index (Phi) is 4.73. The van der Waals surface area contributed by atoms with E-state index in [1.165, 1.54) is 0 Å². The number of nitrogens with zero attached hydrogens (tertiary/aromatic N) is 1. The van der Waals surface area contributed by atoms with Crippen molar-refractivity contribution in [3.63, 3.8) is 0 Å². The van der Waals surface area contributed by atoms with Crippen LogP contribution in [-0.2, 0) is 16.1 Å². The molecule has 0 aliphatic carbocycles. The molecular formula is C14H20N2O2. The van der Waals surface area contributed by atoms with Crippen molar-refractivity contribution in [3.05, 3.63) is 35.9 Å². The molecule has 0 saturated carbocycles. The average molecular weight is 248 g/mol. The van der Waals surface area contributed by atoms with Gasteiger partial charge in [-0.25, -0.2) is 0 Å². The van der Waals surface area contributed by atoms with Crippen LogP contribution in [0.2, 0.25) is 0 Å². The molecule has 0 unspecified atom stereocenters. The van der Waals surface area contributed by atoms with E-state index in [1.807, 2.05) is 37.4 Å². The van der Waals surface area contributed by atoms with E-state index in [0.29, 0.717) is 19.8 Å². The van der Waals surface area contributed by atoms with Crippen LogP contribution in [0.4, 0.5) is 0 Å². The normalized spacial score (nSPS) is 15.2. The number of ether oxygens (including phenoxy) is 1. The maximum absolute atomic E-state index is 11.8. The predicted molar refractivity (Wildman–Crippen MR) is 70.1 cm³/mol. The highest BCUT2D eigenvalue weighted by molar-refractivity contribution is 5.79. The third-order valence-electron chi connectivity index (χ3n) is 3.19. The topological polar surface area (TPSA) is 41.6 Å².